The van der Waals surface area contributed by atoms with Gasteiger partial charge in [0.15, 0.2) is 0 Å². The number of aryl methyl sites for hydroxylation is 2. The quantitative estimate of drug-likeness (QED) is 0.411. The van der Waals surface area contributed by atoms with E-state index in [4.69, 9.17) is 16.3 Å². The molecule has 2 heterocycles. The fraction of sp³-hybridized carbons (Fsp3) is 0.160. The number of ether oxygens (including phenoxy) is 1. The summed E-state index contributed by atoms with van der Waals surface area (Å²) < 4.78 is 7.46. The highest BCUT2D eigenvalue weighted by Gasteiger charge is 2.20. The van der Waals surface area contributed by atoms with Crippen molar-refractivity contribution in [1.29, 1.82) is 0 Å². The van der Waals surface area contributed by atoms with E-state index in [0.717, 1.165) is 11.1 Å². The number of carbonyl (C=O) groups is 1. The summed E-state index contributed by atoms with van der Waals surface area (Å²) in [6.45, 7) is 4.70. The number of amides is 1. The van der Waals surface area contributed by atoms with Crippen LogP contribution in [0.25, 0.3) is 0 Å². The third-order valence-corrected chi connectivity index (χ3v) is 5.35. The minimum atomic E-state index is -0.313. The van der Waals surface area contributed by atoms with Gasteiger partial charge >= 0.3 is 0 Å². The molecule has 2 aromatic heterocycles. The molecule has 0 spiro atoms. The summed E-state index contributed by atoms with van der Waals surface area (Å²) in [5.74, 6) is 0.330. The molecule has 0 aliphatic heterocycles. The van der Waals surface area contributed by atoms with Crippen LogP contribution < -0.4 is 10.1 Å². The van der Waals surface area contributed by atoms with Crippen LogP contribution in [0.4, 0.5) is 5.69 Å². The Hall–Kier alpha value is -3.64. The maximum Gasteiger partial charge on any atom is 0.260 e. The fourth-order valence-corrected chi connectivity index (χ4v) is 3.61. The van der Waals surface area contributed by atoms with Crippen molar-refractivity contribution < 1.29 is 9.53 Å². The molecule has 6 nitrogen and oxygen atoms in total. The molecule has 1 amide bonds. The molecule has 0 unspecified atom stereocenters. The number of carbonyl (C=O) groups excluding carboxylic acids is 1. The predicted octanol–water partition coefficient (Wildman–Crippen LogP) is 5.43. The molecule has 0 bridgehead atoms. The number of pyridine rings is 1. The number of nitrogens with zero attached hydrogens (tertiary/aromatic N) is 3. The number of hydrogen-bond donors (Lipinski definition) is 1. The molecule has 2 aromatic carbocycles. The van der Waals surface area contributed by atoms with E-state index >= 15 is 0 Å². The van der Waals surface area contributed by atoms with Crippen LogP contribution in [0.3, 0.4) is 0 Å². The van der Waals surface area contributed by atoms with E-state index < -0.39 is 0 Å². The summed E-state index contributed by atoms with van der Waals surface area (Å²) in [4.78, 5) is 17.0. The Morgan fingerprint density at radius 2 is 1.88 bits per heavy atom. The van der Waals surface area contributed by atoms with Gasteiger partial charge < -0.3 is 10.1 Å². The van der Waals surface area contributed by atoms with Gasteiger partial charge in [0.1, 0.15) is 17.5 Å². The Bertz CT molecular complexity index is 1220. The Balaban J connectivity index is 1.45. The second-order valence-electron chi connectivity index (χ2n) is 7.53. The third kappa shape index (κ3) is 5.15. The van der Waals surface area contributed by atoms with Crippen LogP contribution in [0, 0.1) is 13.8 Å². The lowest BCUT2D eigenvalue weighted by Gasteiger charge is -2.09. The van der Waals surface area contributed by atoms with Gasteiger partial charge in [-0.2, -0.15) is 5.10 Å². The number of hydrogen-bond acceptors (Lipinski definition) is 4. The summed E-state index contributed by atoms with van der Waals surface area (Å²) in [6, 6.07) is 19.2. The molecular weight excluding hydrogens is 424 g/mol. The SMILES string of the molecule is Cc1ccc(Cn2nc(C)c(C(=O)Nc3cccc(OCc4cccnc4)c3)c2Cl)cc1. The zero-order valence-corrected chi connectivity index (χ0v) is 18.6. The summed E-state index contributed by atoms with van der Waals surface area (Å²) >= 11 is 6.53. The maximum absolute atomic E-state index is 13.0. The van der Waals surface area contributed by atoms with Crippen LogP contribution in [-0.4, -0.2) is 20.7 Å². The molecule has 1 N–H and O–H groups in total. The van der Waals surface area contributed by atoms with E-state index in [1.54, 1.807) is 36.1 Å². The topological polar surface area (TPSA) is 69.0 Å². The highest BCUT2D eigenvalue weighted by molar-refractivity contribution is 6.33. The second kappa shape index (κ2) is 9.66. The average molecular weight is 447 g/mol. The van der Waals surface area contributed by atoms with Gasteiger partial charge in [-0.05, 0) is 37.6 Å². The molecule has 162 valence electrons. The molecule has 7 heteroatoms. The molecule has 0 fully saturated rings. The molecule has 0 saturated heterocycles. The summed E-state index contributed by atoms with van der Waals surface area (Å²) in [5.41, 5.74) is 4.75. The molecule has 0 aliphatic rings. The lowest BCUT2D eigenvalue weighted by molar-refractivity contribution is 0.102. The van der Waals surface area contributed by atoms with Crippen LogP contribution in [0.5, 0.6) is 5.75 Å². The molecule has 0 radical (unpaired) electrons. The van der Waals surface area contributed by atoms with E-state index in [0.29, 0.717) is 41.0 Å². The van der Waals surface area contributed by atoms with E-state index in [1.165, 1.54) is 5.56 Å². The van der Waals surface area contributed by atoms with E-state index in [9.17, 15) is 4.79 Å². The Kier molecular flexibility index (Phi) is 6.52. The van der Waals surface area contributed by atoms with Crippen LogP contribution >= 0.6 is 11.6 Å². The number of benzene rings is 2. The average Bonchev–Trinajstić information content (AvgIpc) is 3.07. The maximum atomic E-state index is 13.0. The molecule has 32 heavy (non-hydrogen) atoms. The van der Waals surface area contributed by atoms with Gasteiger partial charge in [0.25, 0.3) is 5.91 Å². The number of halogens is 1. The van der Waals surface area contributed by atoms with Crippen LogP contribution in [-0.2, 0) is 13.2 Å². The Labute approximate surface area is 191 Å². The van der Waals surface area contributed by atoms with Crippen molar-refractivity contribution in [1.82, 2.24) is 14.8 Å². The molecule has 4 rings (SSSR count). The van der Waals surface area contributed by atoms with Gasteiger partial charge in [-0.3, -0.25) is 9.78 Å². The van der Waals surface area contributed by atoms with Gasteiger partial charge in [-0.1, -0.05) is 53.6 Å². The van der Waals surface area contributed by atoms with Crippen molar-refractivity contribution in [3.05, 3.63) is 106 Å². The van der Waals surface area contributed by atoms with Crippen molar-refractivity contribution in [2.24, 2.45) is 0 Å². The van der Waals surface area contributed by atoms with Gasteiger partial charge in [-0.25, -0.2) is 4.68 Å². The minimum absolute atomic E-state index is 0.310. The normalized spacial score (nSPS) is 10.7. The molecule has 0 aliphatic carbocycles. The zero-order chi connectivity index (χ0) is 22.5. The van der Waals surface area contributed by atoms with E-state index in [2.05, 4.69) is 15.4 Å². The van der Waals surface area contributed by atoms with Crippen molar-refractivity contribution >= 4 is 23.2 Å². The first-order chi connectivity index (χ1) is 15.5. The smallest absolute Gasteiger partial charge is 0.260 e. The van der Waals surface area contributed by atoms with Crippen LogP contribution in [0.15, 0.2) is 73.1 Å². The molecular formula is C25H23ClN4O2. The Morgan fingerprint density at radius 3 is 2.62 bits per heavy atom. The first-order valence-corrected chi connectivity index (χ1v) is 10.6. The van der Waals surface area contributed by atoms with Crippen LogP contribution in [0.2, 0.25) is 5.15 Å². The predicted molar refractivity (Wildman–Crippen MR) is 125 cm³/mol. The summed E-state index contributed by atoms with van der Waals surface area (Å²) in [6.07, 6.45) is 3.47. The highest BCUT2D eigenvalue weighted by atomic mass is 35.5. The zero-order valence-electron chi connectivity index (χ0n) is 17.9. The number of rotatable bonds is 7. The van der Waals surface area contributed by atoms with Gasteiger partial charge in [0.05, 0.1) is 17.8 Å². The number of anilines is 1. The van der Waals surface area contributed by atoms with E-state index in [1.807, 2.05) is 55.5 Å². The summed E-state index contributed by atoms with van der Waals surface area (Å²) in [5, 5.41) is 7.67. The van der Waals surface area contributed by atoms with Crippen molar-refractivity contribution in [2.75, 3.05) is 5.32 Å². The van der Waals surface area contributed by atoms with Gasteiger partial charge in [-0.15, -0.1) is 0 Å². The Morgan fingerprint density at radius 1 is 1.06 bits per heavy atom. The summed E-state index contributed by atoms with van der Waals surface area (Å²) in [7, 11) is 0. The minimum Gasteiger partial charge on any atom is -0.489 e. The third-order valence-electron chi connectivity index (χ3n) is 4.97. The number of nitrogens with one attached hydrogen (secondary N) is 1. The first-order valence-electron chi connectivity index (χ1n) is 10.2. The molecule has 4 aromatic rings. The lowest BCUT2D eigenvalue weighted by Crippen LogP contribution is -2.13. The monoisotopic (exact) mass is 446 g/mol. The molecule has 0 saturated carbocycles. The number of aromatic nitrogens is 3. The lowest BCUT2D eigenvalue weighted by atomic mass is 10.1. The van der Waals surface area contributed by atoms with Crippen molar-refractivity contribution in [3.63, 3.8) is 0 Å². The second-order valence-corrected chi connectivity index (χ2v) is 7.88. The van der Waals surface area contributed by atoms with E-state index in [-0.39, 0.29) is 5.91 Å². The first kappa shape index (κ1) is 21.6. The largest absolute Gasteiger partial charge is 0.489 e. The van der Waals surface area contributed by atoms with Crippen LogP contribution in [0.1, 0.15) is 32.7 Å². The van der Waals surface area contributed by atoms with Gasteiger partial charge in [0.2, 0.25) is 0 Å². The van der Waals surface area contributed by atoms with Crippen molar-refractivity contribution in [2.45, 2.75) is 27.0 Å². The standard InChI is InChI=1S/C25H23ClN4O2/c1-17-8-10-19(11-9-17)15-30-24(26)23(18(2)29-30)25(31)28-21-6-3-7-22(13-21)32-16-20-5-4-12-27-14-20/h3-14H,15-16H2,1-2H3,(H,28,31). The fourth-order valence-electron chi connectivity index (χ4n) is 3.29. The van der Waals surface area contributed by atoms with Crippen molar-refractivity contribution in [3.8, 4) is 5.75 Å². The molecule has 0 atom stereocenters. The van der Waals surface area contributed by atoms with Gasteiger partial charge in [0, 0.05) is 29.7 Å². The highest BCUT2D eigenvalue weighted by Crippen LogP contribution is 2.24.